The minimum atomic E-state index is 0.0979. The van der Waals surface area contributed by atoms with Gasteiger partial charge in [-0.05, 0) is 29.7 Å². The fourth-order valence-electron chi connectivity index (χ4n) is 2.53. The molecule has 0 spiro atoms. The first-order valence-corrected chi connectivity index (χ1v) is 7.02. The van der Waals surface area contributed by atoms with Gasteiger partial charge in [0.25, 0.3) is 0 Å². The number of aliphatic hydroxyl groups is 1. The molecule has 0 radical (unpaired) electrons. The minimum absolute atomic E-state index is 0.0979. The highest BCUT2D eigenvalue weighted by molar-refractivity contribution is 5.59. The van der Waals surface area contributed by atoms with Crippen LogP contribution in [-0.2, 0) is 13.2 Å². The third-order valence-corrected chi connectivity index (χ3v) is 3.61. The molecule has 0 unspecified atom stereocenters. The van der Waals surface area contributed by atoms with Crippen molar-refractivity contribution < 1.29 is 9.84 Å². The highest BCUT2D eigenvalue weighted by Gasteiger charge is 2.15. The molecule has 1 heterocycles. The summed E-state index contributed by atoms with van der Waals surface area (Å²) in [6.07, 6.45) is 1.03. The van der Waals surface area contributed by atoms with Crippen LogP contribution in [0.15, 0.2) is 48.5 Å². The molecule has 0 aliphatic carbocycles. The molecular formula is C17H19NO2. The van der Waals surface area contributed by atoms with Crippen molar-refractivity contribution in [2.75, 3.05) is 18.1 Å². The number of hydrogen-bond donors (Lipinski definition) is 1. The van der Waals surface area contributed by atoms with Crippen LogP contribution in [0.5, 0.6) is 5.75 Å². The van der Waals surface area contributed by atoms with Gasteiger partial charge in [0.2, 0.25) is 0 Å². The third-order valence-electron chi connectivity index (χ3n) is 3.61. The summed E-state index contributed by atoms with van der Waals surface area (Å²) in [7, 11) is 0. The van der Waals surface area contributed by atoms with Crippen molar-refractivity contribution in [3.05, 3.63) is 59.7 Å². The number of hydrogen-bond acceptors (Lipinski definition) is 3. The number of para-hydroxylation sites is 2. The van der Waals surface area contributed by atoms with Crippen molar-refractivity contribution in [2.45, 2.75) is 19.6 Å². The molecule has 0 bridgehead atoms. The average molecular weight is 269 g/mol. The first kappa shape index (κ1) is 13.0. The van der Waals surface area contributed by atoms with Crippen molar-refractivity contribution in [2.24, 2.45) is 0 Å². The van der Waals surface area contributed by atoms with Gasteiger partial charge < -0.3 is 14.7 Å². The monoisotopic (exact) mass is 269 g/mol. The molecule has 0 fully saturated rings. The van der Waals surface area contributed by atoms with Crippen molar-refractivity contribution in [3.8, 4) is 5.75 Å². The summed E-state index contributed by atoms with van der Waals surface area (Å²) >= 11 is 0. The molecule has 2 aromatic carbocycles. The molecule has 3 nitrogen and oxygen atoms in total. The quantitative estimate of drug-likeness (QED) is 0.930. The predicted molar refractivity (Wildman–Crippen MR) is 80.0 cm³/mol. The molecule has 3 heteroatoms. The zero-order chi connectivity index (χ0) is 13.8. The number of anilines is 1. The van der Waals surface area contributed by atoms with Crippen molar-refractivity contribution in [1.29, 1.82) is 0 Å². The van der Waals surface area contributed by atoms with E-state index >= 15 is 0 Å². The Hall–Kier alpha value is -2.00. The summed E-state index contributed by atoms with van der Waals surface area (Å²) in [5.41, 5.74) is 3.36. The van der Waals surface area contributed by atoms with E-state index in [-0.39, 0.29) is 6.61 Å². The van der Waals surface area contributed by atoms with Crippen LogP contribution >= 0.6 is 0 Å². The van der Waals surface area contributed by atoms with Crippen LogP contribution in [0.25, 0.3) is 0 Å². The van der Waals surface area contributed by atoms with E-state index in [4.69, 9.17) is 9.84 Å². The maximum atomic E-state index is 9.09. The van der Waals surface area contributed by atoms with Crippen LogP contribution in [-0.4, -0.2) is 18.3 Å². The lowest BCUT2D eigenvalue weighted by Gasteiger charge is -2.23. The Kier molecular flexibility index (Phi) is 3.88. The highest BCUT2D eigenvalue weighted by atomic mass is 16.5. The summed E-state index contributed by atoms with van der Waals surface area (Å²) in [5.74, 6) is 0.969. The summed E-state index contributed by atoms with van der Waals surface area (Å²) in [4.78, 5) is 2.36. The average Bonchev–Trinajstić information content (AvgIpc) is 2.71. The Balaban J connectivity index is 1.82. The zero-order valence-electron chi connectivity index (χ0n) is 11.5. The van der Waals surface area contributed by atoms with Gasteiger partial charge in [-0.1, -0.05) is 36.4 Å². The fourth-order valence-corrected chi connectivity index (χ4v) is 2.53. The van der Waals surface area contributed by atoms with E-state index in [0.717, 1.165) is 43.1 Å². The zero-order valence-corrected chi connectivity index (χ0v) is 11.5. The first-order chi connectivity index (χ1) is 9.86. The summed E-state index contributed by atoms with van der Waals surface area (Å²) in [5, 5.41) is 9.09. The maximum Gasteiger partial charge on any atom is 0.142 e. The molecule has 1 aliphatic rings. The molecule has 0 amide bonds. The molecule has 20 heavy (non-hydrogen) atoms. The number of ether oxygens (including phenoxy) is 1. The standard InChI is InChI=1S/C17H19NO2/c19-13-15-8-6-14(7-9-15)12-18-10-3-11-20-17-5-2-1-4-16(17)18/h1-2,4-9,19H,3,10-13H2. The number of fused-ring (bicyclic) bond motifs is 1. The first-order valence-electron chi connectivity index (χ1n) is 7.02. The van der Waals surface area contributed by atoms with Crippen molar-refractivity contribution in [1.82, 2.24) is 0 Å². The van der Waals surface area contributed by atoms with Gasteiger partial charge in [-0.3, -0.25) is 0 Å². The van der Waals surface area contributed by atoms with E-state index in [9.17, 15) is 0 Å². The lowest BCUT2D eigenvalue weighted by atomic mass is 10.1. The van der Waals surface area contributed by atoms with Gasteiger partial charge in [-0.2, -0.15) is 0 Å². The minimum Gasteiger partial charge on any atom is -0.491 e. The Bertz CT molecular complexity index is 565. The molecular weight excluding hydrogens is 250 g/mol. The molecule has 1 aliphatic heterocycles. The van der Waals surface area contributed by atoms with E-state index in [0.29, 0.717) is 0 Å². The second-order valence-electron chi connectivity index (χ2n) is 5.07. The fraction of sp³-hybridized carbons (Fsp3) is 0.294. The van der Waals surface area contributed by atoms with E-state index in [1.54, 1.807) is 0 Å². The van der Waals surface area contributed by atoms with E-state index < -0.39 is 0 Å². The van der Waals surface area contributed by atoms with Crippen molar-refractivity contribution in [3.63, 3.8) is 0 Å². The molecule has 3 rings (SSSR count). The van der Waals surface area contributed by atoms with Crippen LogP contribution < -0.4 is 9.64 Å². The molecule has 2 aromatic rings. The molecule has 0 saturated carbocycles. The summed E-state index contributed by atoms with van der Waals surface area (Å²) in [6, 6.07) is 16.3. The third kappa shape index (κ3) is 2.78. The predicted octanol–water partition coefficient (Wildman–Crippen LogP) is 2.97. The Morgan fingerprint density at radius 1 is 1.00 bits per heavy atom. The smallest absolute Gasteiger partial charge is 0.142 e. The number of nitrogens with zero attached hydrogens (tertiary/aromatic N) is 1. The normalized spacial score (nSPS) is 14.3. The Morgan fingerprint density at radius 2 is 1.75 bits per heavy atom. The van der Waals surface area contributed by atoms with E-state index in [1.165, 1.54) is 5.56 Å². The van der Waals surface area contributed by atoms with E-state index in [1.807, 2.05) is 24.3 Å². The van der Waals surface area contributed by atoms with Crippen LogP contribution in [0.2, 0.25) is 0 Å². The summed E-state index contributed by atoms with van der Waals surface area (Å²) in [6.45, 7) is 2.74. The maximum absolute atomic E-state index is 9.09. The molecule has 0 atom stereocenters. The van der Waals surface area contributed by atoms with Crippen LogP contribution in [0.4, 0.5) is 5.69 Å². The lowest BCUT2D eigenvalue weighted by molar-refractivity contribution is 0.282. The van der Waals surface area contributed by atoms with Crippen molar-refractivity contribution >= 4 is 5.69 Å². The van der Waals surface area contributed by atoms with Gasteiger partial charge in [0.05, 0.1) is 18.9 Å². The second kappa shape index (κ2) is 5.97. The van der Waals surface area contributed by atoms with Crippen LogP contribution in [0.1, 0.15) is 17.5 Å². The van der Waals surface area contributed by atoms with Gasteiger partial charge >= 0.3 is 0 Å². The van der Waals surface area contributed by atoms with E-state index in [2.05, 4.69) is 29.2 Å². The summed E-state index contributed by atoms with van der Waals surface area (Å²) < 4.78 is 5.78. The topological polar surface area (TPSA) is 32.7 Å². The lowest BCUT2D eigenvalue weighted by Crippen LogP contribution is -2.23. The molecule has 0 aromatic heterocycles. The molecule has 1 N–H and O–H groups in total. The highest BCUT2D eigenvalue weighted by Crippen LogP contribution is 2.31. The van der Waals surface area contributed by atoms with Crippen LogP contribution in [0.3, 0.4) is 0 Å². The van der Waals surface area contributed by atoms with Gasteiger partial charge in [-0.15, -0.1) is 0 Å². The van der Waals surface area contributed by atoms with Gasteiger partial charge in [-0.25, -0.2) is 0 Å². The van der Waals surface area contributed by atoms with Gasteiger partial charge in [0.1, 0.15) is 5.75 Å². The van der Waals surface area contributed by atoms with Gasteiger partial charge in [0, 0.05) is 13.1 Å². The SMILES string of the molecule is OCc1ccc(CN2CCCOc3ccccc32)cc1. The number of benzene rings is 2. The largest absolute Gasteiger partial charge is 0.491 e. The molecule has 104 valence electrons. The van der Waals surface area contributed by atoms with Crippen LogP contribution in [0, 0.1) is 0 Å². The molecule has 0 saturated heterocycles. The second-order valence-corrected chi connectivity index (χ2v) is 5.07. The number of rotatable bonds is 3. The Labute approximate surface area is 119 Å². The van der Waals surface area contributed by atoms with Gasteiger partial charge in [0.15, 0.2) is 0 Å². The Morgan fingerprint density at radius 3 is 2.55 bits per heavy atom. The number of aliphatic hydroxyl groups excluding tert-OH is 1.